The van der Waals surface area contributed by atoms with E-state index in [1.807, 2.05) is 36.4 Å². The van der Waals surface area contributed by atoms with E-state index < -0.39 is 0 Å². The monoisotopic (exact) mass is 213 g/mol. The summed E-state index contributed by atoms with van der Waals surface area (Å²) in [5.74, 6) is 0. The summed E-state index contributed by atoms with van der Waals surface area (Å²) in [7, 11) is 0. The molecule has 0 unspecified atom stereocenters. The summed E-state index contributed by atoms with van der Waals surface area (Å²) in [6, 6.07) is 13.4. The molecule has 3 nitrogen and oxygen atoms in total. The van der Waals surface area contributed by atoms with Gasteiger partial charge in [0.1, 0.15) is 0 Å². The van der Waals surface area contributed by atoms with Crippen LogP contribution in [0.25, 0.3) is 0 Å². The molecule has 0 heterocycles. The van der Waals surface area contributed by atoms with Crippen molar-refractivity contribution in [1.29, 1.82) is 0 Å². The Morgan fingerprint density at radius 1 is 0.688 bits per heavy atom. The standard InChI is InChI=1S/C13H15N3/c14-11-3-1-2-9(5-11)4-10-6-12(15)8-13(16)7-10/h1-3,5-8H,4,14-16H2. The number of hydrogen-bond acceptors (Lipinski definition) is 3. The number of nitrogen functional groups attached to an aromatic ring is 3. The van der Waals surface area contributed by atoms with Crippen LogP contribution in [0, 0.1) is 0 Å². The van der Waals surface area contributed by atoms with Crippen LogP contribution in [-0.4, -0.2) is 0 Å². The largest absolute Gasteiger partial charge is 0.399 e. The first-order chi connectivity index (χ1) is 7.63. The number of rotatable bonds is 2. The van der Waals surface area contributed by atoms with Crippen molar-refractivity contribution in [3.63, 3.8) is 0 Å². The molecule has 0 aliphatic rings. The average Bonchev–Trinajstić information content (AvgIpc) is 2.15. The van der Waals surface area contributed by atoms with Crippen LogP contribution in [0.4, 0.5) is 17.1 Å². The van der Waals surface area contributed by atoms with Crippen molar-refractivity contribution in [2.45, 2.75) is 6.42 Å². The molecular weight excluding hydrogens is 198 g/mol. The molecule has 0 spiro atoms. The van der Waals surface area contributed by atoms with Crippen LogP contribution in [0.5, 0.6) is 0 Å². The van der Waals surface area contributed by atoms with Crippen molar-refractivity contribution >= 4 is 17.1 Å². The maximum absolute atomic E-state index is 5.74. The molecule has 16 heavy (non-hydrogen) atoms. The van der Waals surface area contributed by atoms with Crippen LogP contribution in [0.3, 0.4) is 0 Å². The molecule has 3 heteroatoms. The summed E-state index contributed by atoms with van der Waals surface area (Å²) < 4.78 is 0. The first-order valence-corrected chi connectivity index (χ1v) is 5.13. The third-order valence-corrected chi connectivity index (χ3v) is 2.40. The molecule has 0 radical (unpaired) electrons. The second-order valence-corrected chi connectivity index (χ2v) is 3.93. The fraction of sp³-hybridized carbons (Fsp3) is 0.0769. The van der Waals surface area contributed by atoms with Crippen molar-refractivity contribution in [1.82, 2.24) is 0 Å². The average molecular weight is 213 g/mol. The zero-order chi connectivity index (χ0) is 11.5. The molecule has 0 bridgehead atoms. The minimum Gasteiger partial charge on any atom is -0.399 e. The summed E-state index contributed by atoms with van der Waals surface area (Å²) >= 11 is 0. The van der Waals surface area contributed by atoms with Gasteiger partial charge in [-0.3, -0.25) is 0 Å². The molecule has 82 valence electrons. The number of benzene rings is 2. The summed E-state index contributed by atoms with van der Waals surface area (Å²) in [4.78, 5) is 0. The van der Waals surface area contributed by atoms with Crippen LogP contribution >= 0.6 is 0 Å². The van der Waals surface area contributed by atoms with Gasteiger partial charge in [0.2, 0.25) is 0 Å². The van der Waals surface area contributed by atoms with E-state index in [0.717, 1.165) is 23.2 Å². The van der Waals surface area contributed by atoms with E-state index in [0.29, 0.717) is 11.4 Å². The van der Waals surface area contributed by atoms with Crippen molar-refractivity contribution in [2.75, 3.05) is 17.2 Å². The lowest BCUT2D eigenvalue weighted by Gasteiger charge is -2.05. The molecule has 2 rings (SSSR count). The van der Waals surface area contributed by atoms with Crippen LogP contribution in [-0.2, 0) is 6.42 Å². The third kappa shape index (κ3) is 2.45. The lowest BCUT2D eigenvalue weighted by Crippen LogP contribution is -1.95. The van der Waals surface area contributed by atoms with Crippen molar-refractivity contribution < 1.29 is 0 Å². The Labute approximate surface area is 94.9 Å². The van der Waals surface area contributed by atoms with Gasteiger partial charge in [-0.25, -0.2) is 0 Å². The van der Waals surface area contributed by atoms with E-state index in [9.17, 15) is 0 Å². The lowest BCUT2D eigenvalue weighted by atomic mass is 10.0. The Morgan fingerprint density at radius 2 is 1.31 bits per heavy atom. The van der Waals surface area contributed by atoms with Crippen LogP contribution in [0.1, 0.15) is 11.1 Å². The Hall–Kier alpha value is -2.16. The van der Waals surface area contributed by atoms with Gasteiger partial charge < -0.3 is 17.2 Å². The van der Waals surface area contributed by atoms with E-state index in [1.165, 1.54) is 0 Å². The predicted molar refractivity (Wildman–Crippen MR) is 68.9 cm³/mol. The molecule has 0 saturated carbocycles. The first-order valence-electron chi connectivity index (χ1n) is 5.13. The molecule has 2 aromatic rings. The highest BCUT2D eigenvalue weighted by Gasteiger charge is 1.99. The number of anilines is 3. The van der Waals surface area contributed by atoms with Gasteiger partial charge in [-0.05, 0) is 47.9 Å². The van der Waals surface area contributed by atoms with E-state index in [2.05, 4.69) is 0 Å². The Bertz CT molecular complexity index is 486. The maximum Gasteiger partial charge on any atom is 0.0337 e. The van der Waals surface area contributed by atoms with Crippen LogP contribution < -0.4 is 17.2 Å². The molecule has 0 aliphatic carbocycles. The van der Waals surface area contributed by atoms with Crippen molar-refractivity contribution in [3.05, 3.63) is 53.6 Å². The Kier molecular flexibility index (Phi) is 2.68. The second kappa shape index (κ2) is 4.14. The van der Waals surface area contributed by atoms with Crippen molar-refractivity contribution in [2.24, 2.45) is 0 Å². The van der Waals surface area contributed by atoms with Gasteiger partial charge in [-0.15, -0.1) is 0 Å². The highest BCUT2D eigenvalue weighted by molar-refractivity contribution is 5.55. The second-order valence-electron chi connectivity index (χ2n) is 3.93. The Balaban J connectivity index is 2.27. The molecule has 0 fully saturated rings. The summed E-state index contributed by atoms with van der Waals surface area (Å²) in [5.41, 5.74) is 21.6. The molecule has 2 aromatic carbocycles. The van der Waals surface area contributed by atoms with E-state index in [4.69, 9.17) is 17.2 Å². The highest BCUT2D eigenvalue weighted by Crippen LogP contribution is 2.18. The smallest absolute Gasteiger partial charge is 0.0337 e. The molecule has 0 saturated heterocycles. The fourth-order valence-electron chi connectivity index (χ4n) is 1.79. The van der Waals surface area contributed by atoms with Gasteiger partial charge in [0.05, 0.1) is 0 Å². The topological polar surface area (TPSA) is 78.1 Å². The third-order valence-electron chi connectivity index (χ3n) is 2.40. The normalized spacial score (nSPS) is 10.2. The zero-order valence-electron chi connectivity index (χ0n) is 8.98. The number of nitrogens with two attached hydrogens (primary N) is 3. The van der Waals surface area contributed by atoms with Crippen LogP contribution in [0.15, 0.2) is 42.5 Å². The quantitative estimate of drug-likeness (QED) is 0.668. The van der Waals surface area contributed by atoms with Gasteiger partial charge in [-0.1, -0.05) is 12.1 Å². The van der Waals surface area contributed by atoms with E-state index in [1.54, 1.807) is 6.07 Å². The molecule has 0 aromatic heterocycles. The maximum atomic E-state index is 5.74. The Morgan fingerprint density at radius 3 is 1.94 bits per heavy atom. The van der Waals surface area contributed by atoms with Gasteiger partial charge in [-0.2, -0.15) is 0 Å². The van der Waals surface area contributed by atoms with E-state index >= 15 is 0 Å². The highest BCUT2D eigenvalue weighted by atomic mass is 14.6. The van der Waals surface area contributed by atoms with Gasteiger partial charge in [0.25, 0.3) is 0 Å². The minimum absolute atomic E-state index is 0.693. The molecule has 0 aliphatic heterocycles. The van der Waals surface area contributed by atoms with Crippen LogP contribution in [0.2, 0.25) is 0 Å². The molecular formula is C13H15N3. The summed E-state index contributed by atoms with van der Waals surface area (Å²) in [6.45, 7) is 0. The van der Waals surface area contributed by atoms with Gasteiger partial charge >= 0.3 is 0 Å². The summed E-state index contributed by atoms with van der Waals surface area (Å²) in [5, 5.41) is 0. The molecule has 0 atom stereocenters. The van der Waals surface area contributed by atoms with Gasteiger partial charge in [0, 0.05) is 17.1 Å². The van der Waals surface area contributed by atoms with Crippen molar-refractivity contribution in [3.8, 4) is 0 Å². The number of hydrogen-bond donors (Lipinski definition) is 3. The first kappa shape index (κ1) is 10.4. The van der Waals surface area contributed by atoms with E-state index in [-0.39, 0.29) is 0 Å². The summed E-state index contributed by atoms with van der Waals surface area (Å²) in [6.07, 6.45) is 0.792. The molecule has 6 N–H and O–H groups in total. The van der Waals surface area contributed by atoms with Gasteiger partial charge in [0.15, 0.2) is 0 Å². The zero-order valence-corrected chi connectivity index (χ0v) is 8.98. The molecule has 0 amide bonds. The lowest BCUT2D eigenvalue weighted by molar-refractivity contribution is 1.20. The minimum atomic E-state index is 0.693. The predicted octanol–water partition coefficient (Wildman–Crippen LogP) is 2.02. The fourth-order valence-corrected chi connectivity index (χ4v) is 1.79. The SMILES string of the molecule is Nc1cccc(Cc2cc(N)cc(N)c2)c1.